The normalized spacial score (nSPS) is 13.4. The molecule has 0 fully saturated rings. The third-order valence-corrected chi connectivity index (χ3v) is 3.56. The Balaban J connectivity index is 1.81. The fourth-order valence-corrected chi connectivity index (χ4v) is 2.53. The summed E-state index contributed by atoms with van der Waals surface area (Å²) in [6.45, 7) is 1.20. The predicted octanol–water partition coefficient (Wildman–Crippen LogP) is 1.79. The molecule has 1 aliphatic rings. The second-order valence-electron chi connectivity index (χ2n) is 4.88. The highest BCUT2D eigenvalue weighted by Gasteiger charge is 2.13. The molecule has 0 atom stereocenters. The molecule has 2 aromatic heterocycles. The molecule has 100 valence electrons. The molecule has 0 spiro atoms. The molecule has 0 unspecified atom stereocenters. The molecular weight excluding hydrogens is 252 g/mol. The van der Waals surface area contributed by atoms with E-state index in [1.807, 2.05) is 30.5 Å². The van der Waals surface area contributed by atoms with E-state index in [4.69, 9.17) is 10.5 Å². The van der Waals surface area contributed by atoms with E-state index in [0.717, 1.165) is 41.4 Å². The van der Waals surface area contributed by atoms with Gasteiger partial charge in [-0.05, 0) is 35.9 Å². The Hall–Kier alpha value is -2.40. The first-order chi connectivity index (χ1) is 9.83. The van der Waals surface area contributed by atoms with Crippen LogP contribution in [0.1, 0.15) is 11.3 Å². The van der Waals surface area contributed by atoms with Crippen LogP contribution in [0.2, 0.25) is 0 Å². The summed E-state index contributed by atoms with van der Waals surface area (Å²) < 4.78 is 7.31. The van der Waals surface area contributed by atoms with Crippen molar-refractivity contribution in [1.29, 1.82) is 0 Å². The smallest absolute Gasteiger partial charge is 0.153 e. The first-order valence-electron chi connectivity index (χ1n) is 6.65. The number of nitrogens with zero attached hydrogens (tertiary/aromatic N) is 3. The zero-order valence-corrected chi connectivity index (χ0v) is 10.9. The fraction of sp³-hybridized carbons (Fsp3) is 0.200. The number of ether oxygens (including phenoxy) is 1. The average Bonchev–Trinajstić information content (AvgIpc) is 3.11. The Morgan fingerprint density at radius 2 is 2.20 bits per heavy atom. The van der Waals surface area contributed by atoms with Crippen LogP contribution in [-0.4, -0.2) is 21.2 Å². The van der Waals surface area contributed by atoms with Crippen molar-refractivity contribution >= 4 is 5.65 Å². The third kappa shape index (κ3) is 1.75. The Morgan fingerprint density at radius 3 is 3.10 bits per heavy atom. The predicted molar refractivity (Wildman–Crippen MR) is 75.5 cm³/mol. The Bertz CT molecular complexity index is 794. The Labute approximate surface area is 116 Å². The molecule has 2 N–H and O–H groups in total. The molecule has 0 saturated carbocycles. The van der Waals surface area contributed by atoms with Crippen LogP contribution in [-0.2, 0) is 13.0 Å². The summed E-state index contributed by atoms with van der Waals surface area (Å²) in [6.07, 6.45) is 2.84. The van der Waals surface area contributed by atoms with E-state index in [-0.39, 0.29) is 0 Å². The van der Waals surface area contributed by atoms with Crippen molar-refractivity contribution in [2.75, 3.05) is 6.61 Å². The molecule has 0 saturated heterocycles. The zero-order chi connectivity index (χ0) is 13.5. The molecule has 0 radical (unpaired) electrons. The molecule has 1 aliphatic heterocycles. The average molecular weight is 266 g/mol. The first-order valence-corrected chi connectivity index (χ1v) is 6.65. The molecule has 3 aromatic rings. The molecule has 5 nitrogen and oxygen atoms in total. The van der Waals surface area contributed by atoms with Crippen molar-refractivity contribution in [3.05, 3.63) is 47.8 Å². The minimum atomic E-state index is 0.425. The van der Waals surface area contributed by atoms with Crippen molar-refractivity contribution in [2.45, 2.75) is 13.0 Å². The topological polar surface area (TPSA) is 65.4 Å². The van der Waals surface area contributed by atoms with Crippen LogP contribution >= 0.6 is 0 Å². The van der Waals surface area contributed by atoms with Crippen LogP contribution in [0, 0.1) is 0 Å². The third-order valence-electron chi connectivity index (χ3n) is 3.56. The lowest BCUT2D eigenvalue weighted by molar-refractivity contribution is 0.357. The number of imidazole rings is 1. The van der Waals surface area contributed by atoms with Crippen LogP contribution in [0.25, 0.3) is 16.9 Å². The lowest BCUT2D eigenvalue weighted by atomic mass is 10.1. The van der Waals surface area contributed by atoms with Crippen LogP contribution in [0.4, 0.5) is 0 Å². The largest absolute Gasteiger partial charge is 0.493 e. The van der Waals surface area contributed by atoms with Gasteiger partial charge in [-0.15, -0.1) is 0 Å². The molecule has 1 aromatic carbocycles. The van der Waals surface area contributed by atoms with Gasteiger partial charge in [0.05, 0.1) is 24.2 Å². The second-order valence-corrected chi connectivity index (χ2v) is 4.88. The highest BCUT2D eigenvalue weighted by atomic mass is 16.5. The SMILES string of the molecule is NCc1cn2nc(-c3ccc4c(c3)CCO4)ccc2n1. The molecule has 20 heavy (non-hydrogen) atoms. The maximum Gasteiger partial charge on any atom is 0.153 e. The van der Waals surface area contributed by atoms with Gasteiger partial charge in [0.1, 0.15) is 5.75 Å². The fourth-order valence-electron chi connectivity index (χ4n) is 2.53. The number of nitrogens with two attached hydrogens (primary N) is 1. The molecule has 0 bridgehead atoms. The maximum absolute atomic E-state index is 5.61. The van der Waals surface area contributed by atoms with Crippen molar-refractivity contribution in [1.82, 2.24) is 14.6 Å². The molecule has 0 aliphatic carbocycles. The van der Waals surface area contributed by atoms with E-state index in [1.54, 1.807) is 4.52 Å². The van der Waals surface area contributed by atoms with Gasteiger partial charge in [0.15, 0.2) is 5.65 Å². The minimum absolute atomic E-state index is 0.425. The monoisotopic (exact) mass is 266 g/mol. The van der Waals surface area contributed by atoms with Crippen molar-refractivity contribution in [2.24, 2.45) is 5.73 Å². The van der Waals surface area contributed by atoms with Crippen LogP contribution in [0.5, 0.6) is 5.75 Å². The Morgan fingerprint density at radius 1 is 1.25 bits per heavy atom. The van der Waals surface area contributed by atoms with Gasteiger partial charge in [-0.1, -0.05) is 0 Å². The molecular formula is C15H14N4O. The van der Waals surface area contributed by atoms with Gasteiger partial charge in [-0.2, -0.15) is 5.10 Å². The number of fused-ring (bicyclic) bond motifs is 2. The zero-order valence-electron chi connectivity index (χ0n) is 10.9. The standard InChI is InChI=1S/C15H14N4O/c16-8-12-9-19-15(17-12)4-2-13(18-19)10-1-3-14-11(7-10)5-6-20-14/h1-4,7,9H,5-6,8,16H2. The second kappa shape index (κ2) is 4.31. The first kappa shape index (κ1) is 11.4. The number of hydrogen-bond donors (Lipinski definition) is 1. The quantitative estimate of drug-likeness (QED) is 0.768. The van der Waals surface area contributed by atoms with E-state index in [1.165, 1.54) is 5.56 Å². The summed E-state index contributed by atoms with van der Waals surface area (Å²) in [5.41, 5.74) is 10.5. The number of benzene rings is 1. The summed E-state index contributed by atoms with van der Waals surface area (Å²) in [4.78, 5) is 4.38. The van der Waals surface area contributed by atoms with Gasteiger partial charge in [0.25, 0.3) is 0 Å². The maximum atomic E-state index is 5.61. The van der Waals surface area contributed by atoms with Crippen molar-refractivity contribution in [3.8, 4) is 17.0 Å². The number of rotatable bonds is 2. The van der Waals surface area contributed by atoms with E-state index >= 15 is 0 Å². The van der Waals surface area contributed by atoms with Crippen molar-refractivity contribution < 1.29 is 4.74 Å². The number of hydrogen-bond acceptors (Lipinski definition) is 4. The lowest BCUT2D eigenvalue weighted by Crippen LogP contribution is -1.95. The van der Waals surface area contributed by atoms with Gasteiger partial charge in [-0.3, -0.25) is 0 Å². The summed E-state index contributed by atoms with van der Waals surface area (Å²) in [6, 6.07) is 10.2. The lowest BCUT2D eigenvalue weighted by Gasteiger charge is -2.04. The summed E-state index contributed by atoms with van der Waals surface area (Å²) >= 11 is 0. The van der Waals surface area contributed by atoms with E-state index in [0.29, 0.717) is 6.54 Å². The van der Waals surface area contributed by atoms with E-state index in [9.17, 15) is 0 Å². The molecule has 4 rings (SSSR count). The van der Waals surface area contributed by atoms with Gasteiger partial charge < -0.3 is 10.5 Å². The summed E-state index contributed by atoms with van der Waals surface area (Å²) in [5.74, 6) is 0.989. The number of aromatic nitrogens is 3. The van der Waals surface area contributed by atoms with Gasteiger partial charge in [0.2, 0.25) is 0 Å². The van der Waals surface area contributed by atoms with Gasteiger partial charge in [-0.25, -0.2) is 9.50 Å². The van der Waals surface area contributed by atoms with Crippen LogP contribution in [0.3, 0.4) is 0 Å². The van der Waals surface area contributed by atoms with E-state index < -0.39 is 0 Å². The highest BCUT2D eigenvalue weighted by molar-refractivity contribution is 5.63. The van der Waals surface area contributed by atoms with Gasteiger partial charge in [0, 0.05) is 18.5 Å². The van der Waals surface area contributed by atoms with E-state index in [2.05, 4.69) is 16.1 Å². The molecule has 0 amide bonds. The van der Waals surface area contributed by atoms with Crippen LogP contribution < -0.4 is 10.5 Å². The molecule has 5 heteroatoms. The van der Waals surface area contributed by atoms with Crippen LogP contribution in [0.15, 0.2) is 36.5 Å². The Kier molecular flexibility index (Phi) is 2.47. The summed E-state index contributed by atoms with van der Waals surface area (Å²) in [7, 11) is 0. The molecule has 3 heterocycles. The minimum Gasteiger partial charge on any atom is -0.493 e. The van der Waals surface area contributed by atoms with Gasteiger partial charge >= 0.3 is 0 Å². The summed E-state index contributed by atoms with van der Waals surface area (Å²) in [5, 5.41) is 4.60. The highest BCUT2D eigenvalue weighted by Crippen LogP contribution is 2.29. The van der Waals surface area contributed by atoms with Crippen molar-refractivity contribution in [3.63, 3.8) is 0 Å².